The lowest BCUT2D eigenvalue weighted by molar-refractivity contribution is -0.132. The molecule has 1 aliphatic carbocycles. The molecule has 3 heterocycles. The van der Waals surface area contributed by atoms with Gasteiger partial charge in [-0.2, -0.15) is 4.31 Å². The van der Waals surface area contributed by atoms with Gasteiger partial charge in [0.1, 0.15) is 15.4 Å². The number of nitrogens with one attached hydrogen (secondary N) is 1. The largest absolute Gasteiger partial charge is 0.289 e. The summed E-state index contributed by atoms with van der Waals surface area (Å²) in [6.07, 6.45) is 3.01. The molecule has 7 nitrogen and oxygen atoms in total. The van der Waals surface area contributed by atoms with Crippen molar-refractivity contribution in [2.45, 2.75) is 42.0 Å². The minimum atomic E-state index is -3.88. The van der Waals surface area contributed by atoms with Crippen LogP contribution in [0.4, 0.5) is 0 Å². The predicted molar refractivity (Wildman–Crippen MR) is 93.1 cm³/mol. The minimum absolute atomic E-state index is 0.139. The van der Waals surface area contributed by atoms with Crippen LogP contribution in [0.5, 0.6) is 0 Å². The molecule has 3 atom stereocenters. The maximum Gasteiger partial charge on any atom is 0.261 e. The van der Waals surface area contributed by atoms with Crippen LogP contribution in [0.3, 0.4) is 0 Å². The molecular formula is C15H16ClN3O4S2. The monoisotopic (exact) mass is 401 g/mol. The Balaban J connectivity index is 1.79. The van der Waals surface area contributed by atoms with Crippen LogP contribution in [0.2, 0.25) is 5.15 Å². The summed E-state index contributed by atoms with van der Waals surface area (Å²) in [5.74, 6) is -0.528. The molecule has 25 heavy (non-hydrogen) atoms. The minimum Gasteiger partial charge on any atom is -0.289 e. The molecule has 1 aliphatic heterocycles. The average Bonchev–Trinajstić information content (AvgIpc) is 3.26. The molecule has 10 heteroatoms. The van der Waals surface area contributed by atoms with E-state index in [1.54, 1.807) is 17.6 Å². The quantitative estimate of drug-likeness (QED) is 0.467. The lowest BCUT2D eigenvalue weighted by Gasteiger charge is -2.26. The molecule has 2 aliphatic rings. The number of carbonyl (C=O) groups is 1. The van der Waals surface area contributed by atoms with Crippen LogP contribution in [-0.4, -0.2) is 40.9 Å². The van der Waals surface area contributed by atoms with E-state index in [9.17, 15) is 13.2 Å². The number of aromatic nitrogens is 1. The van der Waals surface area contributed by atoms with E-state index < -0.39 is 22.0 Å². The fourth-order valence-electron chi connectivity index (χ4n) is 4.00. The number of hydrogen-bond donors (Lipinski definition) is 2. The summed E-state index contributed by atoms with van der Waals surface area (Å²) >= 11 is 6.99. The van der Waals surface area contributed by atoms with Gasteiger partial charge in [-0.25, -0.2) is 18.9 Å². The van der Waals surface area contributed by atoms with E-state index in [1.807, 2.05) is 0 Å². The molecule has 4 rings (SSSR count). The van der Waals surface area contributed by atoms with Gasteiger partial charge in [-0.15, -0.1) is 11.3 Å². The maximum atomic E-state index is 13.3. The van der Waals surface area contributed by atoms with Gasteiger partial charge in [0.2, 0.25) is 0 Å². The summed E-state index contributed by atoms with van der Waals surface area (Å²) in [4.78, 5) is 16.2. The van der Waals surface area contributed by atoms with Crippen LogP contribution in [0, 0.1) is 5.92 Å². The fraction of sp³-hybridized carbons (Fsp3) is 0.467. The molecule has 0 aromatic carbocycles. The zero-order valence-corrected chi connectivity index (χ0v) is 15.4. The van der Waals surface area contributed by atoms with Crippen LogP contribution in [0.25, 0.3) is 10.2 Å². The normalized spacial score (nSPS) is 26.9. The van der Waals surface area contributed by atoms with Crippen LogP contribution in [0.15, 0.2) is 22.4 Å². The van der Waals surface area contributed by atoms with Gasteiger partial charge >= 0.3 is 0 Å². The van der Waals surface area contributed by atoms with Crippen molar-refractivity contribution in [3.63, 3.8) is 0 Å². The number of hydrogen-bond acceptors (Lipinski definition) is 6. The molecule has 0 radical (unpaired) electrons. The molecule has 0 spiro atoms. The number of thiophene rings is 1. The third-order valence-electron chi connectivity index (χ3n) is 5.04. The third-order valence-corrected chi connectivity index (χ3v) is 8.72. The lowest BCUT2D eigenvalue weighted by Crippen LogP contribution is -2.47. The first-order valence-electron chi connectivity index (χ1n) is 7.95. The van der Waals surface area contributed by atoms with E-state index in [4.69, 9.17) is 16.8 Å². The Bertz CT molecular complexity index is 945. The SMILES string of the molecule is O=C(NO)[C@H]1C[C@H]2CCC[C@H]2N1S(=O)(=O)c1cc2nc(Cl)ccc2s1. The Morgan fingerprint density at radius 3 is 2.96 bits per heavy atom. The highest BCUT2D eigenvalue weighted by Gasteiger charge is 2.52. The number of fused-ring (bicyclic) bond motifs is 2. The Morgan fingerprint density at radius 2 is 2.20 bits per heavy atom. The molecule has 1 saturated carbocycles. The molecular weight excluding hydrogens is 386 g/mol. The number of nitrogens with zero attached hydrogens (tertiary/aromatic N) is 2. The van der Waals surface area contributed by atoms with Crippen molar-refractivity contribution in [2.24, 2.45) is 5.92 Å². The molecule has 2 fully saturated rings. The molecule has 2 aromatic rings. The van der Waals surface area contributed by atoms with Gasteiger partial charge in [0.15, 0.2) is 0 Å². The van der Waals surface area contributed by atoms with Gasteiger partial charge in [-0.1, -0.05) is 18.0 Å². The van der Waals surface area contributed by atoms with Crippen molar-refractivity contribution >= 4 is 49.1 Å². The summed E-state index contributed by atoms with van der Waals surface area (Å²) in [6.45, 7) is 0. The summed E-state index contributed by atoms with van der Waals surface area (Å²) in [5, 5.41) is 9.31. The first-order chi connectivity index (χ1) is 11.9. The van der Waals surface area contributed by atoms with Crippen molar-refractivity contribution in [1.29, 1.82) is 0 Å². The van der Waals surface area contributed by atoms with Crippen molar-refractivity contribution in [3.05, 3.63) is 23.4 Å². The molecule has 134 valence electrons. The Kier molecular flexibility index (Phi) is 4.24. The maximum absolute atomic E-state index is 13.3. The van der Waals surface area contributed by atoms with E-state index in [1.165, 1.54) is 10.4 Å². The zero-order chi connectivity index (χ0) is 17.8. The number of halogens is 1. The zero-order valence-electron chi connectivity index (χ0n) is 13.1. The lowest BCUT2D eigenvalue weighted by atomic mass is 10.0. The number of sulfonamides is 1. The average molecular weight is 402 g/mol. The van der Waals surface area contributed by atoms with Gasteiger partial charge in [0.25, 0.3) is 15.9 Å². The van der Waals surface area contributed by atoms with E-state index in [0.717, 1.165) is 30.6 Å². The molecule has 1 saturated heterocycles. The second kappa shape index (κ2) is 6.17. The summed E-state index contributed by atoms with van der Waals surface area (Å²) in [6, 6.07) is 3.76. The Labute approximate surface area is 153 Å². The Morgan fingerprint density at radius 1 is 1.40 bits per heavy atom. The van der Waals surface area contributed by atoms with Crippen LogP contribution in [0.1, 0.15) is 25.7 Å². The fourth-order valence-corrected chi connectivity index (χ4v) is 7.45. The van der Waals surface area contributed by atoms with Gasteiger partial charge in [0.05, 0.1) is 10.2 Å². The number of pyridine rings is 1. The highest BCUT2D eigenvalue weighted by Crippen LogP contribution is 2.45. The third kappa shape index (κ3) is 2.74. The Hall–Kier alpha value is -1.26. The van der Waals surface area contributed by atoms with E-state index in [-0.39, 0.29) is 16.2 Å². The highest BCUT2D eigenvalue weighted by atomic mass is 35.5. The van der Waals surface area contributed by atoms with Crippen molar-refractivity contribution in [1.82, 2.24) is 14.8 Å². The van der Waals surface area contributed by atoms with Crippen LogP contribution >= 0.6 is 22.9 Å². The van der Waals surface area contributed by atoms with Crippen molar-refractivity contribution in [2.75, 3.05) is 0 Å². The molecule has 2 N–H and O–H groups in total. The predicted octanol–water partition coefficient (Wildman–Crippen LogP) is 2.39. The van der Waals surface area contributed by atoms with Crippen molar-refractivity contribution < 1.29 is 18.4 Å². The van der Waals surface area contributed by atoms with E-state index in [0.29, 0.717) is 21.8 Å². The summed E-state index contributed by atoms with van der Waals surface area (Å²) < 4.78 is 28.7. The first-order valence-corrected chi connectivity index (χ1v) is 10.6. The molecule has 0 unspecified atom stereocenters. The molecule has 2 aromatic heterocycles. The van der Waals surface area contributed by atoms with Gasteiger partial charge < -0.3 is 0 Å². The summed E-state index contributed by atoms with van der Waals surface area (Å²) in [5.41, 5.74) is 2.13. The van der Waals surface area contributed by atoms with Crippen molar-refractivity contribution in [3.8, 4) is 0 Å². The number of rotatable bonds is 3. The van der Waals surface area contributed by atoms with E-state index in [2.05, 4.69) is 4.98 Å². The second-order valence-electron chi connectivity index (χ2n) is 6.40. The number of carbonyl (C=O) groups excluding carboxylic acids is 1. The van der Waals surface area contributed by atoms with Crippen LogP contribution < -0.4 is 5.48 Å². The highest BCUT2D eigenvalue weighted by molar-refractivity contribution is 7.91. The molecule has 1 amide bonds. The second-order valence-corrected chi connectivity index (χ2v) is 9.94. The van der Waals surface area contributed by atoms with Gasteiger partial charge in [-0.3, -0.25) is 10.0 Å². The molecule has 0 bridgehead atoms. The van der Waals surface area contributed by atoms with Gasteiger partial charge in [-0.05, 0) is 43.4 Å². The smallest absolute Gasteiger partial charge is 0.261 e. The standard InChI is InChI=1S/C15H16ClN3O4S2/c16-13-5-4-12-9(17-13)7-14(24-12)25(22,23)19-10-3-1-2-8(10)6-11(19)15(20)18-21/h4-5,7-8,10-11,21H,1-3,6H2,(H,18,20)/t8-,10-,11-/m1/s1. The van der Waals surface area contributed by atoms with E-state index >= 15 is 0 Å². The van der Waals surface area contributed by atoms with Crippen LogP contribution in [-0.2, 0) is 14.8 Å². The van der Waals surface area contributed by atoms with Gasteiger partial charge in [0, 0.05) is 6.04 Å². The summed E-state index contributed by atoms with van der Waals surface area (Å²) in [7, 11) is -3.88. The number of amides is 1. The topological polar surface area (TPSA) is 99.6 Å². The first kappa shape index (κ1) is 17.2. The number of hydroxylamine groups is 1.